The van der Waals surface area contributed by atoms with E-state index in [1.807, 2.05) is 47.8 Å². The van der Waals surface area contributed by atoms with Crippen LogP contribution < -0.4 is 19.8 Å². The molecule has 4 heterocycles. The lowest BCUT2D eigenvalue weighted by Crippen LogP contribution is -2.41. The van der Waals surface area contributed by atoms with Gasteiger partial charge in [0.05, 0.1) is 35.7 Å². The lowest BCUT2D eigenvalue weighted by atomic mass is 9.97. The van der Waals surface area contributed by atoms with E-state index in [9.17, 15) is 19.2 Å². The molecule has 2 aliphatic rings. The number of esters is 2. The lowest BCUT2D eigenvalue weighted by molar-refractivity contribution is -0.142. The zero-order valence-corrected chi connectivity index (χ0v) is 24.4. The van der Waals surface area contributed by atoms with Gasteiger partial charge >= 0.3 is 11.9 Å². The lowest BCUT2D eigenvalue weighted by Gasteiger charge is -2.24. The number of benzene rings is 2. The molecule has 6 rings (SSSR count). The molecule has 0 unspecified atom stereocenters. The van der Waals surface area contributed by atoms with Crippen molar-refractivity contribution in [1.29, 1.82) is 0 Å². The number of aromatic nitrogens is 1. The molecule has 1 atom stereocenters. The number of carbonyl (C=O) groups is 3. The van der Waals surface area contributed by atoms with Crippen molar-refractivity contribution in [1.82, 2.24) is 4.57 Å². The molecule has 0 spiro atoms. The smallest absolute Gasteiger partial charge is 0.338 e. The minimum atomic E-state index is -0.813. The van der Waals surface area contributed by atoms with Gasteiger partial charge in [0, 0.05) is 16.0 Å². The molecule has 0 saturated carbocycles. The minimum absolute atomic E-state index is 0.151. The zero-order valence-electron chi connectivity index (χ0n) is 22.7. The average molecular weight is 600 g/mol. The molecule has 2 aromatic heterocycles. The maximum Gasteiger partial charge on any atom is 0.338 e. The van der Waals surface area contributed by atoms with Crippen LogP contribution in [-0.4, -0.2) is 42.2 Å². The minimum Gasteiger partial charge on any atom is -0.465 e. The van der Waals surface area contributed by atoms with Crippen molar-refractivity contribution < 1.29 is 23.9 Å². The molecule has 0 bridgehead atoms. The molecular weight excluding hydrogens is 574 g/mol. The number of thiazole rings is 1. The van der Waals surface area contributed by atoms with Gasteiger partial charge in [-0.15, -0.1) is 11.3 Å². The fourth-order valence-corrected chi connectivity index (χ4v) is 7.11. The van der Waals surface area contributed by atoms with Crippen LogP contribution in [0.4, 0.5) is 5.69 Å². The molecule has 0 N–H and O–H groups in total. The van der Waals surface area contributed by atoms with Crippen molar-refractivity contribution in [3.8, 4) is 0 Å². The maximum absolute atomic E-state index is 14.3. The van der Waals surface area contributed by atoms with E-state index in [-0.39, 0.29) is 35.4 Å². The topological polar surface area (TPSA) is 107 Å². The Balaban J connectivity index is 1.64. The summed E-state index contributed by atoms with van der Waals surface area (Å²) < 4.78 is 12.2. The third-order valence-corrected chi connectivity index (χ3v) is 8.88. The number of thiophene rings is 1. The number of fused-ring (bicyclic) bond motifs is 2. The van der Waals surface area contributed by atoms with E-state index in [2.05, 4.69) is 0 Å². The summed E-state index contributed by atoms with van der Waals surface area (Å²) in [6.45, 7) is 3.47. The van der Waals surface area contributed by atoms with E-state index < -0.39 is 29.4 Å². The van der Waals surface area contributed by atoms with Gasteiger partial charge in [-0.25, -0.2) is 9.79 Å². The number of para-hydroxylation sites is 1. The summed E-state index contributed by atoms with van der Waals surface area (Å²) in [5, 5.41) is 1.88. The molecular formula is C31H25N3O6S2. The number of hydrogen-bond donors (Lipinski definition) is 0. The Morgan fingerprint density at radius 3 is 2.38 bits per heavy atom. The van der Waals surface area contributed by atoms with Crippen molar-refractivity contribution in [3.05, 3.63) is 113 Å². The quantitative estimate of drug-likeness (QED) is 0.302. The highest BCUT2D eigenvalue weighted by Gasteiger charge is 2.39. The molecule has 2 aliphatic heterocycles. The van der Waals surface area contributed by atoms with Gasteiger partial charge in [-0.2, -0.15) is 0 Å². The molecule has 1 amide bonds. The highest BCUT2D eigenvalue weighted by molar-refractivity contribution is 7.10. The Morgan fingerprint density at radius 1 is 0.929 bits per heavy atom. The first-order valence-electron chi connectivity index (χ1n) is 13.4. The van der Waals surface area contributed by atoms with E-state index in [0.29, 0.717) is 27.3 Å². The van der Waals surface area contributed by atoms with Crippen LogP contribution in [0.3, 0.4) is 0 Å². The summed E-state index contributed by atoms with van der Waals surface area (Å²) in [7, 11) is 0. The van der Waals surface area contributed by atoms with Gasteiger partial charge in [-0.05, 0) is 31.4 Å². The van der Waals surface area contributed by atoms with Crippen LogP contribution in [-0.2, 0) is 23.9 Å². The van der Waals surface area contributed by atoms with Crippen LogP contribution >= 0.6 is 22.7 Å². The predicted octanol–water partition coefficient (Wildman–Crippen LogP) is 3.28. The van der Waals surface area contributed by atoms with Crippen LogP contribution in [0.2, 0.25) is 0 Å². The summed E-state index contributed by atoms with van der Waals surface area (Å²) in [5.74, 6) is -1.60. The first-order valence-corrected chi connectivity index (χ1v) is 15.1. The third kappa shape index (κ3) is 4.60. The summed E-state index contributed by atoms with van der Waals surface area (Å²) in [6.07, 6.45) is 0. The first-order chi connectivity index (χ1) is 20.4. The molecule has 42 heavy (non-hydrogen) atoms. The van der Waals surface area contributed by atoms with Crippen molar-refractivity contribution in [3.63, 3.8) is 0 Å². The second kappa shape index (κ2) is 11.3. The highest BCUT2D eigenvalue weighted by Crippen LogP contribution is 2.38. The number of rotatable bonds is 7. The van der Waals surface area contributed by atoms with Gasteiger partial charge in [-0.1, -0.05) is 65.9 Å². The molecule has 2 aromatic carbocycles. The SMILES string of the molecule is CCOC(=O)CN1C(=O)/C(=c2/sc3n(c2=O)[C@H](c2cccs2)C(C(=O)OCC)=C(c2ccccc2)N=3)c2ccccc21. The van der Waals surface area contributed by atoms with Gasteiger partial charge in [0.2, 0.25) is 0 Å². The summed E-state index contributed by atoms with van der Waals surface area (Å²) in [5.41, 5.74) is 2.14. The van der Waals surface area contributed by atoms with E-state index >= 15 is 0 Å². The average Bonchev–Trinajstić information content (AvgIpc) is 3.71. The van der Waals surface area contributed by atoms with E-state index in [1.54, 1.807) is 38.1 Å². The van der Waals surface area contributed by atoms with Crippen LogP contribution in [0.5, 0.6) is 0 Å². The van der Waals surface area contributed by atoms with Gasteiger partial charge in [0.15, 0.2) is 4.80 Å². The molecule has 0 aliphatic carbocycles. The van der Waals surface area contributed by atoms with Gasteiger partial charge in [0.1, 0.15) is 17.1 Å². The predicted molar refractivity (Wildman–Crippen MR) is 160 cm³/mol. The molecule has 212 valence electrons. The van der Waals surface area contributed by atoms with Gasteiger partial charge in [0.25, 0.3) is 11.5 Å². The Morgan fingerprint density at radius 2 is 1.67 bits per heavy atom. The van der Waals surface area contributed by atoms with Crippen LogP contribution in [0, 0.1) is 0 Å². The first kappa shape index (κ1) is 27.6. The van der Waals surface area contributed by atoms with Crippen molar-refractivity contribution in [2.75, 3.05) is 24.7 Å². The Hall–Kier alpha value is -4.61. The fraction of sp³-hybridized carbons (Fsp3) is 0.194. The van der Waals surface area contributed by atoms with Crippen LogP contribution in [0.25, 0.3) is 11.3 Å². The summed E-state index contributed by atoms with van der Waals surface area (Å²) in [6, 6.07) is 19.2. The standard InChI is InChI=1S/C31H25N3O6S2/c1-3-39-22(35)17-33-20-14-9-8-13-19(20)23(28(33)36)27-29(37)34-26(21-15-10-16-41-21)24(30(38)40-4-2)25(32-31(34)42-27)18-11-6-5-7-12-18/h5-16,26H,3-4,17H2,1-2H3/b27-23+/t26-/m1/s1. The van der Waals surface area contributed by atoms with E-state index in [4.69, 9.17) is 14.5 Å². The van der Waals surface area contributed by atoms with E-state index in [1.165, 1.54) is 20.8 Å². The highest BCUT2D eigenvalue weighted by atomic mass is 32.1. The van der Waals surface area contributed by atoms with Crippen LogP contribution in [0.15, 0.2) is 87.5 Å². The second-order valence-corrected chi connectivity index (χ2v) is 11.3. The molecule has 9 nitrogen and oxygen atoms in total. The zero-order chi connectivity index (χ0) is 29.4. The summed E-state index contributed by atoms with van der Waals surface area (Å²) in [4.78, 5) is 61.3. The Labute approximate surface area is 248 Å². The van der Waals surface area contributed by atoms with Gasteiger partial charge < -0.3 is 9.47 Å². The monoisotopic (exact) mass is 599 g/mol. The number of ether oxygens (including phenoxy) is 2. The number of carbonyl (C=O) groups excluding carboxylic acids is 3. The summed E-state index contributed by atoms with van der Waals surface area (Å²) >= 11 is 2.49. The molecule has 4 aromatic rings. The maximum atomic E-state index is 14.3. The van der Waals surface area contributed by atoms with E-state index in [0.717, 1.165) is 16.2 Å². The molecule has 0 radical (unpaired) electrons. The third-order valence-electron chi connectivity index (χ3n) is 6.90. The normalized spacial score (nSPS) is 17.0. The van der Waals surface area contributed by atoms with Crippen molar-refractivity contribution in [2.24, 2.45) is 4.99 Å². The van der Waals surface area contributed by atoms with Crippen LogP contribution in [0.1, 0.15) is 35.9 Å². The number of amides is 1. The van der Waals surface area contributed by atoms with Gasteiger partial charge in [-0.3, -0.25) is 23.9 Å². The molecule has 11 heteroatoms. The number of nitrogens with zero attached hydrogens (tertiary/aromatic N) is 3. The molecule has 0 fully saturated rings. The molecule has 0 saturated heterocycles. The Kier molecular flexibility index (Phi) is 7.44. The number of hydrogen-bond acceptors (Lipinski definition) is 9. The van der Waals surface area contributed by atoms with Crippen molar-refractivity contribution in [2.45, 2.75) is 19.9 Å². The second-order valence-electron chi connectivity index (χ2n) is 9.36. The number of anilines is 1. The largest absolute Gasteiger partial charge is 0.465 e. The Bertz CT molecular complexity index is 1920. The van der Waals surface area contributed by atoms with Crippen molar-refractivity contribution >= 4 is 57.5 Å². The fourth-order valence-electron chi connectivity index (χ4n) is 5.20.